The number of aromatic nitrogens is 2. The first-order valence-electron chi connectivity index (χ1n) is 7.03. The number of hydrogen-bond donors (Lipinski definition) is 1. The van der Waals surface area contributed by atoms with Gasteiger partial charge in [-0.05, 0) is 31.4 Å². The molecule has 19 heavy (non-hydrogen) atoms. The number of nitrogens with zero attached hydrogens (tertiary/aromatic N) is 2. The van der Waals surface area contributed by atoms with E-state index in [1.165, 1.54) is 6.42 Å². The van der Waals surface area contributed by atoms with Crippen LogP contribution in [0.15, 0.2) is 24.3 Å². The van der Waals surface area contributed by atoms with Crippen molar-refractivity contribution in [3.05, 3.63) is 30.1 Å². The van der Waals surface area contributed by atoms with Crippen LogP contribution in [-0.2, 0) is 18.2 Å². The van der Waals surface area contributed by atoms with Gasteiger partial charge >= 0.3 is 0 Å². The van der Waals surface area contributed by atoms with Crippen LogP contribution in [0.1, 0.15) is 25.1 Å². The number of ether oxygens (including phenoxy) is 1. The van der Waals surface area contributed by atoms with Crippen molar-refractivity contribution in [1.29, 1.82) is 0 Å². The Hall–Kier alpha value is -1.39. The van der Waals surface area contributed by atoms with Crippen molar-refractivity contribution in [1.82, 2.24) is 9.55 Å². The van der Waals surface area contributed by atoms with Gasteiger partial charge in [-0.25, -0.2) is 4.98 Å². The van der Waals surface area contributed by atoms with E-state index in [-0.39, 0.29) is 12.1 Å². The molecule has 0 saturated carbocycles. The summed E-state index contributed by atoms with van der Waals surface area (Å²) in [6.45, 7) is 0.848. The lowest BCUT2D eigenvalue weighted by atomic mass is 10.00. The SMILES string of the molecule is Cn1c(CC(N)C2CCCCO2)nc2ccccc21. The van der Waals surface area contributed by atoms with Crippen molar-refractivity contribution in [2.75, 3.05) is 6.61 Å². The maximum absolute atomic E-state index is 6.29. The molecular weight excluding hydrogens is 238 g/mol. The predicted molar refractivity (Wildman–Crippen MR) is 76.0 cm³/mol. The van der Waals surface area contributed by atoms with Crippen LogP contribution in [0.4, 0.5) is 0 Å². The van der Waals surface area contributed by atoms with Crippen LogP contribution in [0.2, 0.25) is 0 Å². The molecule has 102 valence electrons. The van der Waals surface area contributed by atoms with Gasteiger partial charge in [0, 0.05) is 26.1 Å². The molecule has 0 radical (unpaired) electrons. The molecule has 1 saturated heterocycles. The fraction of sp³-hybridized carbons (Fsp3) is 0.533. The van der Waals surface area contributed by atoms with E-state index in [2.05, 4.69) is 22.7 Å². The average Bonchev–Trinajstić information content (AvgIpc) is 2.77. The van der Waals surface area contributed by atoms with E-state index in [1.54, 1.807) is 0 Å². The number of aryl methyl sites for hydroxylation is 1. The summed E-state index contributed by atoms with van der Waals surface area (Å²) in [5.41, 5.74) is 8.49. The van der Waals surface area contributed by atoms with Gasteiger partial charge in [0.15, 0.2) is 0 Å². The zero-order valence-electron chi connectivity index (χ0n) is 11.4. The zero-order valence-corrected chi connectivity index (χ0v) is 11.4. The van der Waals surface area contributed by atoms with E-state index < -0.39 is 0 Å². The van der Waals surface area contributed by atoms with Gasteiger partial charge in [-0.2, -0.15) is 0 Å². The molecule has 2 N–H and O–H groups in total. The lowest BCUT2D eigenvalue weighted by molar-refractivity contribution is 0.000209. The molecule has 1 aliphatic rings. The summed E-state index contributed by atoms with van der Waals surface area (Å²) in [6, 6.07) is 8.23. The third kappa shape index (κ3) is 2.51. The van der Waals surface area contributed by atoms with Crippen molar-refractivity contribution >= 4 is 11.0 Å². The standard InChI is InChI=1S/C15H21N3O/c1-18-13-7-3-2-6-12(13)17-15(18)10-11(16)14-8-4-5-9-19-14/h2-3,6-7,11,14H,4-5,8-10,16H2,1H3. The number of imidazole rings is 1. The molecular formula is C15H21N3O. The molecule has 1 aliphatic heterocycles. The summed E-state index contributed by atoms with van der Waals surface area (Å²) < 4.78 is 7.90. The molecule has 2 aromatic rings. The number of hydrogen-bond acceptors (Lipinski definition) is 3. The Labute approximate surface area is 113 Å². The molecule has 2 heterocycles. The Balaban J connectivity index is 1.78. The summed E-state index contributed by atoms with van der Waals surface area (Å²) in [6.07, 6.45) is 4.42. The fourth-order valence-corrected chi connectivity index (χ4v) is 2.82. The topological polar surface area (TPSA) is 53.1 Å². The Morgan fingerprint density at radius 2 is 2.26 bits per heavy atom. The summed E-state index contributed by atoms with van der Waals surface area (Å²) in [4.78, 5) is 4.67. The Kier molecular flexibility index (Phi) is 3.53. The fourth-order valence-electron chi connectivity index (χ4n) is 2.82. The van der Waals surface area contributed by atoms with E-state index in [0.29, 0.717) is 0 Å². The van der Waals surface area contributed by atoms with Crippen molar-refractivity contribution in [2.24, 2.45) is 12.8 Å². The van der Waals surface area contributed by atoms with Gasteiger partial charge in [0.1, 0.15) is 5.82 Å². The maximum Gasteiger partial charge on any atom is 0.111 e. The monoisotopic (exact) mass is 259 g/mol. The summed E-state index contributed by atoms with van der Waals surface area (Å²) in [5.74, 6) is 1.04. The smallest absolute Gasteiger partial charge is 0.111 e. The van der Waals surface area contributed by atoms with Crippen LogP contribution < -0.4 is 5.73 Å². The molecule has 0 bridgehead atoms. The predicted octanol–water partition coefficient (Wildman–Crippen LogP) is 2.01. The molecule has 0 amide bonds. The normalized spacial score (nSPS) is 21.7. The number of nitrogens with two attached hydrogens (primary N) is 1. The Morgan fingerprint density at radius 3 is 3.00 bits per heavy atom. The lowest BCUT2D eigenvalue weighted by Gasteiger charge is -2.27. The van der Waals surface area contributed by atoms with Gasteiger partial charge in [0.2, 0.25) is 0 Å². The second-order valence-corrected chi connectivity index (χ2v) is 5.35. The van der Waals surface area contributed by atoms with Crippen LogP contribution in [0.25, 0.3) is 11.0 Å². The molecule has 0 aliphatic carbocycles. The van der Waals surface area contributed by atoms with E-state index in [0.717, 1.165) is 42.7 Å². The second-order valence-electron chi connectivity index (χ2n) is 5.35. The molecule has 4 heteroatoms. The minimum Gasteiger partial charge on any atom is -0.377 e. The highest BCUT2D eigenvalue weighted by atomic mass is 16.5. The van der Waals surface area contributed by atoms with E-state index in [4.69, 9.17) is 10.5 Å². The minimum atomic E-state index is 0.0378. The second kappa shape index (κ2) is 5.31. The molecule has 2 atom stereocenters. The first-order valence-corrected chi connectivity index (χ1v) is 7.03. The van der Waals surface area contributed by atoms with Crippen LogP contribution in [0.3, 0.4) is 0 Å². The van der Waals surface area contributed by atoms with Gasteiger partial charge < -0.3 is 15.0 Å². The van der Waals surface area contributed by atoms with Crippen LogP contribution in [0, 0.1) is 0 Å². The maximum atomic E-state index is 6.29. The molecule has 1 aromatic carbocycles. The van der Waals surface area contributed by atoms with E-state index in [9.17, 15) is 0 Å². The van der Waals surface area contributed by atoms with Gasteiger partial charge in [0.25, 0.3) is 0 Å². The number of benzene rings is 1. The highest BCUT2D eigenvalue weighted by Gasteiger charge is 2.23. The zero-order chi connectivity index (χ0) is 13.2. The molecule has 4 nitrogen and oxygen atoms in total. The Morgan fingerprint density at radius 1 is 1.42 bits per heavy atom. The molecule has 2 unspecified atom stereocenters. The average molecular weight is 259 g/mol. The van der Waals surface area contributed by atoms with Gasteiger partial charge in [-0.15, -0.1) is 0 Å². The van der Waals surface area contributed by atoms with Crippen LogP contribution >= 0.6 is 0 Å². The van der Waals surface area contributed by atoms with Crippen molar-refractivity contribution in [2.45, 2.75) is 37.8 Å². The number of rotatable bonds is 3. The van der Waals surface area contributed by atoms with Crippen molar-refractivity contribution in [3.63, 3.8) is 0 Å². The van der Waals surface area contributed by atoms with E-state index >= 15 is 0 Å². The first kappa shape index (κ1) is 12.6. The Bertz CT molecular complexity index is 558. The third-order valence-electron chi connectivity index (χ3n) is 3.99. The van der Waals surface area contributed by atoms with E-state index in [1.807, 2.05) is 18.2 Å². The molecule has 1 fully saturated rings. The summed E-state index contributed by atoms with van der Waals surface area (Å²) in [5, 5.41) is 0. The lowest BCUT2D eigenvalue weighted by Crippen LogP contribution is -2.41. The van der Waals surface area contributed by atoms with Gasteiger partial charge in [-0.3, -0.25) is 0 Å². The highest BCUT2D eigenvalue weighted by Crippen LogP contribution is 2.19. The van der Waals surface area contributed by atoms with Crippen molar-refractivity contribution in [3.8, 4) is 0 Å². The number of para-hydroxylation sites is 2. The summed E-state index contributed by atoms with van der Waals surface area (Å²) in [7, 11) is 2.05. The molecule has 1 aromatic heterocycles. The summed E-state index contributed by atoms with van der Waals surface area (Å²) >= 11 is 0. The molecule has 3 rings (SSSR count). The van der Waals surface area contributed by atoms with Gasteiger partial charge in [-0.1, -0.05) is 12.1 Å². The van der Waals surface area contributed by atoms with Crippen molar-refractivity contribution < 1.29 is 4.74 Å². The number of fused-ring (bicyclic) bond motifs is 1. The van der Waals surface area contributed by atoms with Crippen LogP contribution in [0.5, 0.6) is 0 Å². The quantitative estimate of drug-likeness (QED) is 0.917. The minimum absolute atomic E-state index is 0.0378. The first-order chi connectivity index (χ1) is 9.25. The largest absolute Gasteiger partial charge is 0.377 e. The van der Waals surface area contributed by atoms with Crippen LogP contribution in [-0.4, -0.2) is 28.3 Å². The molecule has 0 spiro atoms. The van der Waals surface area contributed by atoms with Gasteiger partial charge in [0.05, 0.1) is 17.1 Å². The highest BCUT2D eigenvalue weighted by molar-refractivity contribution is 5.75. The third-order valence-corrected chi connectivity index (χ3v) is 3.99.